The van der Waals surface area contributed by atoms with Gasteiger partial charge in [0.15, 0.2) is 11.6 Å². The summed E-state index contributed by atoms with van der Waals surface area (Å²) in [6.45, 7) is 3.40. The first kappa shape index (κ1) is 26.3. The minimum Gasteiger partial charge on any atom is -0.493 e. The number of halogens is 3. The maximum absolute atomic E-state index is 13.4. The number of rotatable bonds is 7. The minimum atomic E-state index is -4.61. The van der Waals surface area contributed by atoms with Crippen LogP contribution < -0.4 is 15.0 Å². The number of ether oxygens (including phenoxy) is 2. The van der Waals surface area contributed by atoms with Crippen LogP contribution in [-0.2, 0) is 6.18 Å². The number of fused-ring (bicyclic) bond motifs is 1. The van der Waals surface area contributed by atoms with E-state index in [4.69, 9.17) is 9.47 Å². The van der Waals surface area contributed by atoms with Crippen molar-refractivity contribution in [2.75, 3.05) is 7.11 Å². The summed E-state index contributed by atoms with van der Waals surface area (Å²) >= 11 is 0. The van der Waals surface area contributed by atoms with Crippen molar-refractivity contribution in [2.24, 2.45) is 5.10 Å². The summed E-state index contributed by atoms with van der Waals surface area (Å²) in [5, 5.41) is 16.1. The second-order valence-corrected chi connectivity index (χ2v) is 8.39. The van der Waals surface area contributed by atoms with Crippen LogP contribution >= 0.6 is 0 Å². The molecule has 0 aliphatic heterocycles. The highest BCUT2D eigenvalue weighted by Crippen LogP contribution is 2.38. The van der Waals surface area contributed by atoms with Crippen LogP contribution in [0.5, 0.6) is 11.5 Å². The van der Waals surface area contributed by atoms with Crippen molar-refractivity contribution in [1.29, 1.82) is 0 Å². The van der Waals surface area contributed by atoms with Gasteiger partial charge in [-0.25, -0.2) is 4.98 Å². The fraction of sp³-hybridized carbons (Fsp3) is 0.192. The first-order valence-corrected chi connectivity index (χ1v) is 11.3. The molecule has 196 valence electrons. The Morgan fingerprint density at radius 1 is 1.11 bits per heavy atom. The first-order chi connectivity index (χ1) is 18.0. The van der Waals surface area contributed by atoms with Crippen LogP contribution in [0.2, 0.25) is 0 Å². The van der Waals surface area contributed by atoms with Crippen molar-refractivity contribution >= 4 is 22.8 Å². The lowest BCUT2D eigenvalue weighted by Gasteiger charge is -2.14. The summed E-state index contributed by atoms with van der Waals surface area (Å²) in [6.07, 6.45) is -3.83. The number of benzene rings is 3. The lowest BCUT2D eigenvalue weighted by molar-refractivity contribution is -0.386. The van der Waals surface area contributed by atoms with Crippen LogP contribution in [0.1, 0.15) is 25.0 Å². The van der Waals surface area contributed by atoms with Gasteiger partial charge >= 0.3 is 11.9 Å². The molecule has 0 N–H and O–H groups in total. The van der Waals surface area contributed by atoms with Gasteiger partial charge in [-0.05, 0) is 44.2 Å². The Labute approximate surface area is 213 Å². The summed E-state index contributed by atoms with van der Waals surface area (Å²) < 4.78 is 51.8. The van der Waals surface area contributed by atoms with Crippen LogP contribution in [0.25, 0.3) is 22.3 Å². The molecule has 9 nitrogen and oxygen atoms in total. The topological polar surface area (TPSA) is 109 Å². The van der Waals surface area contributed by atoms with Crippen LogP contribution in [0.4, 0.5) is 18.9 Å². The molecule has 0 radical (unpaired) electrons. The first-order valence-electron chi connectivity index (χ1n) is 11.3. The fourth-order valence-electron chi connectivity index (χ4n) is 3.70. The van der Waals surface area contributed by atoms with E-state index in [1.807, 2.05) is 0 Å². The number of hydrogen-bond donors (Lipinski definition) is 0. The SMILES string of the molecule is COc1cc(C=Nn2c(-c3cccc(C(F)(F)F)c3)nc3ccccc3c2=O)cc([N+](=O)[O-])c1OC(C)C. The summed E-state index contributed by atoms with van der Waals surface area (Å²) in [7, 11) is 1.32. The quantitative estimate of drug-likeness (QED) is 0.174. The van der Waals surface area contributed by atoms with Gasteiger partial charge in [0.05, 0.1) is 40.8 Å². The van der Waals surface area contributed by atoms with Crippen LogP contribution in [0, 0.1) is 10.1 Å². The van der Waals surface area contributed by atoms with E-state index in [2.05, 4.69) is 10.1 Å². The molecule has 38 heavy (non-hydrogen) atoms. The molecule has 0 unspecified atom stereocenters. The Kier molecular flexibility index (Phi) is 7.15. The number of aromatic nitrogens is 2. The maximum Gasteiger partial charge on any atom is 0.416 e. The average molecular weight is 526 g/mol. The highest BCUT2D eigenvalue weighted by Gasteiger charge is 2.31. The number of alkyl halides is 3. The van der Waals surface area contributed by atoms with E-state index in [0.717, 1.165) is 23.0 Å². The van der Waals surface area contributed by atoms with Crippen LogP contribution in [0.3, 0.4) is 0 Å². The number of nitro benzene ring substituents is 1. The lowest BCUT2D eigenvalue weighted by atomic mass is 10.1. The van der Waals surface area contributed by atoms with Crippen molar-refractivity contribution in [3.05, 3.63) is 92.3 Å². The molecule has 0 amide bonds. The van der Waals surface area contributed by atoms with E-state index < -0.39 is 22.2 Å². The van der Waals surface area contributed by atoms with Gasteiger partial charge in [-0.1, -0.05) is 24.3 Å². The Morgan fingerprint density at radius 3 is 2.50 bits per heavy atom. The Hall–Kier alpha value is -4.74. The highest BCUT2D eigenvalue weighted by molar-refractivity contribution is 5.84. The van der Waals surface area contributed by atoms with Crippen molar-refractivity contribution in [3.63, 3.8) is 0 Å². The van der Waals surface area contributed by atoms with Crippen LogP contribution in [-0.4, -0.2) is 34.0 Å². The number of nitrogens with zero attached hydrogens (tertiary/aromatic N) is 4. The largest absolute Gasteiger partial charge is 0.493 e. The molecule has 0 aliphatic rings. The lowest BCUT2D eigenvalue weighted by Crippen LogP contribution is -2.20. The molecule has 0 spiro atoms. The van der Waals surface area contributed by atoms with Crippen LogP contribution in [0.15, 0.2) is 70.6 Å². The van der Waals surface area contributed by atoms with Gasteiger partial charge in [0.1, 0.15) is 0 Å². The third-order valence-electron chi connectivity index (χ3n) is 5.35. The van der Waals surface area contributed by atoms with Crippen molar-refractivity contribution in [3.8, 4) is 22.9 Å². The summed E-state index contributed by atoms with van der Waals surface area (Å²) in [6, 6.07) is 13.3. The Morgan fingerprint density at radius 2 is 1.84 bits per heavy atom. The van der Waals surface area contributed by atoms with Gasteiger partial charge in [-0.15, -0.1) is 0 Å². The smallest absolute Gasteiger partial charge is 0.416 e. The zero-order valence-electron chi connectivity index (χ0n) is 20.4. The molecule has 0 saturated carbocycles. The summed E-state index contributed by atoms with van der Waals surface area (Å²) in [5.74, 6) is -0.146. The van der Waals surface area contributed by atoms with Gasteiger partial charge in [-0.2, -0.15) is 22.9 Å². The van der Waals surface area contributed by atoms with Crippen molar-refractivity contribution in [1.82, 2.24) is 9.66 Å². The van der Waals surface area contributed by atoms with E-state index in [1.165, 1.54) is 37.4 Å². The molecule has 4 rings (SSSR count). The zero-order chi connectivity index (χ0) is 27.6. The predicted octanol–water partition coefficient (Wildman–Crippen LogP) is 5.67. The molecule has 0 aliphatic carbocycles. The molecule has 3 aromatic carbocycles. The Bertz CT molecular complexity index is 1610. The van der Waals surface area contributed by atoms with E-state index in [9.17, 15) is 28.1 Å². The third kappa shape index (κ3) is 5.33. The van der Waals surface area contributed by atoms with E-state index >= 15 is 0 Å². The standard InChI is InChI=1S/C26H21F3N4O5/c1-15(2)38-23-21(33(35)36)11-16(12-22(23)37-3)14-30-32-24(17-7-6-8-18(13-17)26(27,28)29)31-20-10-5-4-9-19(20)25(32)34/h4-15H,1-3H3. The molecule has 0 atom stereocenters. The average Bonchev–Trinajstić information content (AvgIpc) is 2.87. The molecule has 1 aromatic heterocycles. The molecule has 0 fully saturated rings. The molecule has 1 heterocycles. The van der Waals surface area contributed by atoms with Gasteiger partial charge < -0.3 is 9.47 Å². The molecular weight excluding hydrogens is 505 g/mol. The van der Waals surface area contributed by atoms with E-state index in [1.54, 1.807) is 32.0 Å². The van der Waals surface area contributed by atoms with Gasteiger partial charge in [-0.3, -0.25) is 14.9 Å². The number of methoxy groups -OCH3 is 1. The van der Waals surface area contributed by atoms with E-state index in [-0.39, 0.29) is 51.1 Å². The van der Waals surface area contributed by atoms with Crippen molar-refractivity contribution < 1.29 is 27.6 Å². The number of hydrogen-bond acceptors (Lipinski definition) is 7. The number of nitro groups is 1. The zero-order valence-corrected chi connectivity index (χ0v) is 20.4. The highest BCUT2D eigenvalue weighted by atomic mass is 19.4. The number of para-hydroxylation sites is 1. The molecular formula is C26H21F3N4O5. The molecule has 12 heteroatoms. The van der Waals surface area contributed by atoms with Gasteiger partial charge in [0.2, 0.25) is 5.75 Å². The van der Waals surface area contributed by atoms with E-state index in [0.29, 0.717) is 0 Å². The molecule has 0 bridgehead atoms. The normalized spacial score (nSPS) is 11.9. The molecule has 0 saturated heterocycles. The minimum absolute atomic E-state index is 0.00377. The monoisotopic (exact) mass is 526 g/mol. The van der Waals surface area contributed by atoms with Crippen molar-refractivity contribution in [2.45, 2.75) is 26.1 Å². The Balaban J connectivity index is 1.92. The second kappa shape index (κ2) is 10.3. The van der Waals surface area contributed by atoms with Gasteiger partial charge in [0.25, 0.3) is 5.56 Å². The summed E-state index contributed by atoms with van der Waals surface area (Å²) in [5.41, 5.74) is -1.50. The third-order valence-corrected chi connectivity index (χ3v) is 5.35. The second-order valence-electron chi connectivity index (χ2n) is 8.39. The fourth-order valence-corrected chi connectivity index (χ4v) is 3.70. The molecule has 4 aromatic rings. The summed E-state index contributed by atoms with van der Waals surface area (Å²) in [4.78, 5) is 28.8. The van der Waals surface area contributed by atoms with Gasteiger partial charge in [0, 0.05) is 17.2 Å². The maximum atomic E-state index is 13.4. The predicted molar refractivity (Wildman–Crippen MR) is 135 cm³/mol.